The predicted octanol–water partition coefficient (Wildman–Crippen LogP) is 5.07. The quantitative estimate of drug-likeness (QED) is 0.643. The third-order valence-electron chi connectivity index (χ3n) is 2.98. The number of halogens is 3. The summed E-state index contributed by atoms with van der Waals surface area (Å²) >= 11 is 1.57. The molecule has 0 aliphatic rings. The lowest BCUT2D eigenvalue weighted by atomic mass is 10.1. The van der Waals surface area contributed by atoms with Gasteiger partial charge < -0.3 is 0 Å². The summed E-state index contributed by atoms with van der Waals surface area (Å²) in [7, 11) is 0. The van der Waals surface area contributed by atoms with Crippen molar-refractivity contribution in [3.63, 3.8) is 0 Å². The van der Waals surface area contributed by atoms with E-state index in [1.807, 2.05) is 29.6 Å². The van der Waals surface area contributed by atoms with Crippen LogP contribution in [0.4, 0.5) is 13.2 Å². The number of pyridine rings is 1. The lowest BCUT2D eigenvalue weighted by molar-refractivity contribution is -0.127. The number of aromatic nitrogens is 1. The van der Waals surface area contributed by atoms with Gasteiger partial charge in [-0.1, -0.05) is 18.2 Å². The first-order chi connectivity index (χ1) is 9.53. The van der Waals surface area contributed by atoms with E-state index < -0.39 is 12.6 Å². The van der Waals surface area contributed by atoms with Crippen LogP contribution in [0.1, 0.15) is 5.56 Å². The summed E-state index contributed by atoms with van der Waals surface area (Å²) in [6, 6.07) is 10.7. The van der Waals surface area contributed by atoms with Gasteiger partial charge in [0.2, 0.25) is 0 Å². The zero-order valence-corrected chi connectivity index (χ0v) is 11.1. The highest BCUT2D eigenvalue weighted by Crippen LogP contribution is 2.32. The van der Waals surface area contributed by atoms with Crippen molar-refractivity contribution in [2.75, 3.05) is 0 Å². The van der Waals surface area contributed by atoms with Crippen LogP contribution in [0.25, 0.3) is 21.3 Å². The highest BCUT2D eigenvalue weighted by atomic mass is 32.1. The minimum Gasteiger partial charge on any atom is -0.256 e. The van der Waals surface area contributed by atoms with E-state index in [-0.39, 0.29) is 5.56 Å². The maximum atomic E-state index is 12.5. The van der Waals surface area contributed by atoms with Gasteiger partial charge in [0.05, 0.1) is 12.1 Å². The summed E-state index contributed by atoms with van der Waals surface area (Å²) in [5, 5.41) is 3.05. The Bertz CT molecular complexity index is 746. The number of hydrogen-bond donors (Lipinski definition) is 0. The summed E-state index contributed by atoms with van der Waals surface area (Å²) < 4.78 is 38.4. The lowest BCUT2D eigenvalue weighted by Gasteiger charge is -2.08. The van der Waals surface area contributed by atoms with Crippen molar-refractivity contribution in [2.24, 2.45) is 0 Å². The van der Waals surface area contributed by atoms with Crippen molar-refractivity contribution >= 4 is 21.4 Å². The van der Waals surface area contributed by atoms with Crippen molar-refractivity contribution in [3.8, 4) is 11.3 Å². The Labute approximate surface area is 117 Å². The highest BCUT2D eigenvalue weighted by Gasteiger charge is 2.27. The molecule has 102 valence electrons. The van der Waals surface area contributed by atoms with E-state index in [9.17, 15) is 13.2 Å². The van der Waals surface area contributed by atoms with Crippen molar-refractivity contribution in [3.05, 3.63) is 53.5 Å². The average Bonchev–Trinajstić information content (AvgIpc) is 2.85. The molecule has 0 atom stereocenters. The van der Waals surface area contributed by atoms with Gasteiger partial charge in [0.15, 0.2) is 0 Å². The number of thiophene rings is 1. The van der Waals surface area contributed by atoms with Crippen LogP contribution in [-0.4, -0.2) is 11.2 Å². The second-order valence-corrected chi connectivity index (χ2v) is 5.40. The molecule has 0 aliphatic carbocycles. The smallest absolute Gasteiger partial charge is 0.256 e. The van der Waals surface area contributed by atoms with Gasteiger partial charge in [-0.15, -0.1) is 11.3 Å². The van der Waals surface area contributed by atoms with Crippen LogP contribution in [0, 0.1) is 0 Å². The van der Waals surface area contributed by atoms with Gasteiger partial charge in [-0.05, 0) is 34.5 Å². The molecule has 0 saturated carbocycles. The van der Waals surface area contributed by atoms with Crippen molar-refractivity contribution in [1.29, 1.82) is 0 Å². The highest BCUT2D eigenvalue weighted by molar-refractivity contribution is 7.17. The topological polar surface area (TPSA) is 12.9 Å². The largest absolute Gasteiger partial charge is 0.393 e. The first-order valence-corrected chi connectivity index (χ1v) is 6.89. The van der Waals surface area contributed by atoms with Gasteiger partial charge in [-0.25, -0.2) is 0 Å². The van der Waals surface area contributed by atoms with Crippen LogP contribution < -0.4 is 0 Å². The molecule has 0 radical (unpaired) electrons. The maximum Gasteiger partial charge on any atom is 0.393 e. The van der Waals surface area contributed by atoms with E-state index in [4.69, 9.17) is 0 Å². The van der Waals surface area contributed by atoms with Gasteiger partial charge in [0, 0.05) is 16.5 Å². The standard InChI is InChI=1S/C15H10F3NS/c16-15(17,18)9-10-4-6-19-13(8-10)12-3-1-2-11-5-7-20-14(11)12/h1-8H,9H2. The Morgan fingerprint density at radius 2 is 1.95 bits per heavy atom. The molecule has 0 N–H and O–H groups in total. The number of benzene rings is 1. The number of alkyl halides is 3. The third kappa shape index (κ3) is 2.67. The Hall–Kier alpha value is -1.88. The molecule has 0 unspecified atom stereocenters. The summed E-state index contributed by atoms with van der Waals surface area (Å²) in [6.45, 7) is 0. The SMILES string of the molecule is FC(F)(F)Cc1ccnc(-c2cccc3ccsc23)c1. The first kappa shape index (κ1) is 13.1. The molecule has 0 aliphatic heterocycles. The van der Waals surface area contributed by atoms with Crippen LogP contribution in [0.3, 0.4) is 0 Å². The minimum atomic E-state index is -4.20. The molecule has 0 bridgehead atoms. The lowest BCUT2D eigenvalue weighted by Crippen LogP contribution is -2.11. The van der Waals surface area contributed by atoms with Crippen LogP contribution in [-0.2, 0) is 6.42 Å². The monoisotopic (exact) mass is 293 g/mol. The number of nitrogens with zero attached hydrogens (tertiary/aromatic N) is 1. The Balaban J connectivity index is 2.06. The van der Waals surface area contributed by atoms with E-state index >= 15 is 0 Å². The molecule has 20 heavy (non-hydrogen) atoms. The van der Waals surface area contributed by atoms with Gasteiger partial charge >= 0.3 is 6.18 Å². The summed E-state index contributed by atoms with van der Waals surface area (Å²) in [4.78, 5) is 4.21. The number of hydrogen-bond acceptors (Lipinski definition) is 2. The fraction of sp³-hybridized carbons (Fsp3) is 0.133. The normalized spacial score (nSPS) is 11.9. The average molecular weight is 293 g/mol. The summed E-state index contributed by atoms with van der Waals surface area (Å²) in [5.74, 6) is 0. The number of fused-ring (bicyclic) bond motifs is 1. The molecule has 0 spiro atoms. The van der Waals surface area contributed by atoms with E-state index in [0.717, 1.165) is 15.6 Å². The maximum absolute atomic E-state index is 12.5. The fourth-order valence-electron chi connectivity index (χ4n) is 2.16. The summed E-state index contributed by atoms with van der Waals surface area (Å²) in [6.07, 6.45) is -3.70. The van der Waals surface area contributed by atoms with Crippen molar-refractivity contribution in [1.82, 2.24) is 4.98 Å². The Morgan fingerprint density at radius 1 is 1.10 bits per heavy atom. The molecule has 3 rings (SSSR count). The second kappa shape index (κ2) is 4.90. The molecular formula is C15H10F3NS. The van der Waals surface area contributed by atoms with Gasteiger partial charge in [0.1, 0.15) is 0 Å². The molecule has 2 heterocycles. The molecule has 3 aromatic rings. The molecule has 5 heteroatoms. The van der Waals surface area contributed by atoms with Gasteiger partial charge in [-0.3, -0.25) is 4.98 Å². The molecule has 1 aromatic carbocycles. The predicted molar refractivity (Wildman–Crippen MR) is 74.8 cm³/mol. The first-order valence-electron chi connectivity index (χ1n) is 6.01. The molecule has 2 aromatic heterocycles. The van der Waals surface area contributed by atoms with E-state index in [0.29, 0.717) is 5.69 Å². The van der Waals surface area contributed by atoms with E-state index in [1.54, 1.807) is 11.3 Å². The molecule has 0 amide bonds. The molecular weight excluding hydrogens is 283 g/mol. The van der Waals surface area contributed by atoms with Gasteiger partial charge in [0.25, 0.3) is 0 Å². The van der Waals surface area contributed by atoms with Crippen molar-refractivity contribution < 1.29 is 13.2 Å². The summed E-state index contributed by atoms with van der Waals surface area (Å²) in [5.41, 5.74) is 1.69. The zero-order valence-electron chi connectivity index (χ0n) is 10.3. The minimum absolute atomic E-state index is 0.232. The van der Waals surface area contributed by atoms with Crippen molar-refractivity contribution in [2.45, 2.75) is 12.6 Å². The van der Waals surface area contributed by atoms with E-state index in [1.165, 1.54) is 18.3 Å². The Kier molecular flexibility index (Phi) is 3.22. The van der Waals surface area contributed by atoms with Crippen LogP contribution in [0.15, 0.2) is 48.0 Å². The van der Waals surface area contributed by atoms with Crippen LogP contribution >= 0.6 is 11.3 Å². The van der Waals surface area contributed by atoms with Crippen LogP contribution in [0.5, 0.6) is 0 Å². The zero-order chi connectivity index (χ0) is 14.2. The third-order valence-corrected chi connectivity index (χ3v) is 3.95. The second-order valence-electron chi connectivity index (χ2n) is 4.49. The molecule has 1 nitrogen and oxygen atoms in total. The molecule has 0 saturated heterocycles. The van der Waals surface area contributed by atoms with Crippen LogP contribution in [0.2, 0.25) is 0 Å². The number of rotatable bonds is 2. The fourth-order valence-corrected chi connectivity index (χ4v) is 3.08. The molecule has 0 fully saturated rings. The Morgan fingerprint density at radius 3 is 2.75 bits per heavy atom. The van der Waals surface area contributed by atoms with E-state index in [2.05, 4.69) is 4.98 Å². The van der Waals surface area contributed by atoms with Gasteiger partial charge in [-0.2, -0.15) is 13.2 Å².